The van der Waals surface area contributed by atoms with E-state index in [9.17, 15) is 19.5 Å². The van der Waals surface area contributed by atoms with Gasteiger partial charge in [-0.15, -0.1) is 0 Å². The fourth-order valence-corrected chi connectivity index (χ4v) is 6.87. The Balaban J connectivity index is 1.12. The van der Waals surface area contributed by atoms with E-state index in [4.69, 9.17) is 14.7 Å². The second-order valence-corrected chi connectivity index (χ2v) is 12.7. The average Bonchev–Trinajstić information content (AvgIpc) is 3.44. The Hall–Kier alpha value is -4.33. The number of amides is 3. The highest BCUT2D eigenvalue weighted by molar-refractivity contribution is 5.93. The number of aliphatic hydroxyl groups is 1. The van der Waals surface area contributed by atoms with Gasteiger partial charge in [0.15, 0.2) is 6.29 Å². The van der Waals surface area contributed by atoms with Crippen LogP contribution in [0, 0.1) is 0 Å². The van der Waals surface area contributed by atoms with Crippen LogP contribution in [-0.4, -0.2) is 70.9 Å². The van der Waals surface area contributed by atoms with Crippen LogP contribution in [0.25, 0.3) is 0 Å². The van der Waals surface area contributed by atoms with Crippen LogP contribution >= 0.6 is 0 Å². The third kappa shape index (κ3) is 7.69. The lowest BCUT2D eigenvalue weighted by atomic mass is 9.85. The van der Waals surface area contributed by atoms with E-state index >= 15 is 0 Å². The lowest BCUT2D eigenvalue weighted by Gasteiger charge is -2.45. The lowest BCUT2D eigenvalue weighted by molar-refractivity contribution is -0.253. The molecule has 3 aromatic carbocycles. The Morgan fingerprint density at radius 2 is 1.58 bits per heavy atom. The maximum atomic E-state index is 13.2. The number of piperidine rings is 1. The summed E-state index contributed by atoms with van der Waals surface area (Å²) >= 11 is 0. The number of carbonyl (C=O) groups is 3. The third-order valence-corrected chi connectivity index (χ3v) is 9.56. The molecule has 48 heavy (non-hydrogen) atoms. The molecule has 254 valence electrons. The number of nitrogens with zero attached hydrogens (tertiary/aromatic N) is 2. The highest BCUT2D eigenvalue weighted by Gasteiger charge is 2.50. The number of hydroxylamine groups is 1. The summed E-state index contributed by atoms with van der Waals surface area (Å²) in [4.78, 5) is 41.3. The minimum absolute atomic E-state index is 0.0305. The van der Waals surface area contributed by atoms with Crippen molar-refractivity contribution in [2.24, 2.45) is 0 Å². The van der Waals surface area contributed by atoms with Crippen molar-refractivity contribution in [1.82, 2.24) is 15.7 Å². The first-order valence-corrected chi connectivity index (χ1v) is 16.5. The van der Waals surface area contributed by atoms with Crippen molar-refractivity contribution in [1.29, 1.82) is 0 Å². The van der Waals surface area contributed by atoms with Gasteiger partial charge in [0.2, 0.25) is 17.7 Å². The highest BCUT2D eigenvalue weighted by Crippen LogP contribution is 2.40. The standard InChI is InChI=1S/C36H43N5O7/c42-23-25-9-11-26(12-10-25)31-21-30(22-40-19-17-36(18-20-40)35(45)37-24-41(36)29-5-2-1-3-6-29)47-34(48-31)27-13-15-28(16-14-27)38-32(43)7-4-8-33(44)39-46/h1-3,5-6,9-16,30-31,34,42,46H,4,7-8,17-24H2,(H,37,45)(H,38,43)(H,39,44). The maximum Gasteiger partial charge on any atom is 0.247 e. The summed E-state index contributed by atoms with van der Waals surface area (Å²) in [6, 6.07) is 25.2. The smallest absolute Gasteiger partial charge is 0.247 e. The van der Waals surface area contributed by atoms with Crippen molar-refractivity contribution in [3.8, 4) is 0 Å². The molecule has 6 rings (SSSR count). The van der Waals surface area contributed by atoms with E-state index in [-0.39, 0.29) is 43.5 Å². The molecule has 3 aromatic rings. The largest absolute Gasteiger partial charge is 0.392 e. The van der Waals surface area contributed by atoms with E-state index in [1.807, 2.05) is 54.6 Å². The summed E-state index contributed by atoms with van der Waals surface area (Å²) in [5.41, 5.74) is 5.32. The molecule has 12 heteroatoms. The van der Waals surface area contributed by atoms with Crippen LogP contribution in [0.3, 0.4) is 0 Å². The molecule has 12 nitrogen and oxygen atoms in total. The van der Waals surface area contributed by atoms with Crippen molar-refractivity contribution >= 4 is 29.1 Å². The summed E-state index contributed by atoms with van der Waals surface area (Å²) in [5, 5.41) is 24.1. The average molecular weight is 658 g/mol. The minimum atomic E-state index is -0.640. The Labute approximate surface area is 280 Å². The zero-order valence-corrected chi connectivity index (χ0v) is 26.8. The molecular weight excluding hydrogens is 614 g/mol. The summed E-state index contributed by atoms with van der Waals surface area (Å²) in [5.74, 6) is -0.662. The predicted octanol–water partition coefficient (Wildman–Crippen LogP) is 3.77. The number of para-hydroxylation sites is 1. The predicted molar refractivity (Wildman–Crippen MR) is 178 cm³/mol. The molecule has 0 aromatic heterocycles. The fourth-order valence-electron chi connectivity index (χ4n) is 6.87. The summed E-state index contributed by atoms with van der Waals surface area (Å²) in [6.07, 6.45) is 1.59. The van der Waals surface area contributed by atoms with E-state index in [1.165, 1.54) is 0 Å². The molecule has 3 aliphatic rings. The Morgan fingerprint density at radius 3 is 2.27 bits per heavy atom. The van der Waals surface area contributed by atoms with Gasteiger partial charge in [-0.3, -0.25) is 19.6 Å². The number of carbonyl (C=O) groups excluding carboxylic acids is 3. The molecule has 1 spiro atoms. The summed E-state index contributed by atoms with van der Waals surface area (Å²) in [6.45, 7) is 2.69. The van der Waals surface area contributed by atoms with Gasteiger partial charge in [0.1, 0.15) is 5.54 Å². The van der Waals surface area contributed by atoms with E-state index in [2.05, 4.69) is 32.6 Å². The SMILES string of the molecule is O=C(CCCC(=O)Nc1ccc(C2OC(CN3CCC4(CC3)C(=O)NCN4c3ccccc3)CC(c3ccc(CO)cc3)O2)cc1)NO. The number of benzene rings is 3. The number of likely N-dealkylation sites (tertiary alicyclic amines) is 1. The topological polar surface area (TPSA) is 153 Å². The van der Waals surface area contributed by atoms with Gasteiger partial charge in [0.25, 0.3) is 0 Å². The van der Waals surface area contributed by atoms with Crippen LogP contribution in [0.15, 0.2) is 78.9 Å². The Bertz CT molecular complexity index is 1550. The van der Waals surface area contributed by atoms with Gasteiger partial charge in [0, 0.05) is 55.8 Å². The van der Waals surface area contributed by atoms with Crippen LogP contribution in [0.1, 0.15) is 67.6 Å². The van der Waals surface area contributed by atoms with Crippen LogP contribution in [0.5, 0.6) is 0 Å². The number of nitrogens with one attached hydrogen (secondary N) is 3. The van der Waals surface area contributed by atoms with E-state index in [0.29, 0.717) is 44.6 Å². The van der Waals surface area contributed by atoms with Gasteiger partial charge < -0.3 is 35.0 Å². The number of rotatable bonds is 11. The lowest BCUT2D eigenvalue weighted by Crippen LogP contribution is -2.57. The third-order valence-electron chi connectivity index (χ3n) is 9.56. The number of ether oxygens (including phenoxy) is 2. The molecule has 3 fully saturated rings. The van der Waals surface area contributed by atoms with Crippen LogP contribution < -0.4 is 21.0 Å². The van der Waals surface area contributed by atoms with Crippen LogP contribution in [-0.2, 0) is 30.5 Å². The van der Waals surface area contributed by atoms with Crippen molar-refractivity contribution in [2.75, 3.05) is 36.5 Å². The van der Waals surface area contributed by atoms with Crippen molar-refractivity contribution < 1.29 is 34.2 Å². The second kappa shape index (κ2) is 15.3. The van der Waals surface area contributed by atoms with Gasteiger partial charge in [-0.1, -0.05) is 54.6 Å². The summed E-state index contributed by atoms with van der Waals surface area (Å²) in [7, 11) is 0. The highest BCUT2D eigenvalue weighted by atomic mass is 16.7. The van der Waals surface area contributed by atoms with Gasteiger partial charge >= 0.3 is 0 Å². The zero-order valence-electron chi connectivity index (χ0n) is 26.8. The molecule has 0 bridgehead atoms. The quantitative estimate of drug-likeness (QED) is 0.153. The molecule has 3 saturated heterocycles. The minimum Gasteiger partial charge on any atom is -0.392 e. The molecule has 0 saturated carbocycles. The van der Waals surface area contributed by atoms with Gasteiger partial charge in [-0.2, -0.15) is 0 Å². The molecule has 5 N–H and O–H groups in total. The maximum absolute atomic E-state index is 13.2. The molecule has 3 heterocycles. The first-order valence-electron chi connectivity index (χ1n) is 16.5. The normalized spacial score (nSPS) is 22.3. The van der Waals surface area contributed by atoms with Gasteiger partial charge in [-0.05, 0) is 54.7 Å². The monoisotopic (exact) mass is 657 g/mol. The van der Waals surface area contributed by atoms with E-state index in [0.717, 1.165) is 35.5 Å². The molecule has 0 radical (unpaired) electrons. The second-order valence-electron chi connectivity index (χ2n) is 12.7. The molecule has 3 amide bonds. The first-order chi connectivity index (χ1) is 23.4. The van der Waals surface area contributed by atoms with Crippen molar-refractivity contribution in [3.05, 3.63) is 95.6 Å². The molecule has 3 aliphatic heterocycles. The van der Waals surface area contributed by atoms with Gasteiger partial charge in [-0.25, -0.2) is 5.48 Å². The number of aliphatic hydroxyl groups excluding tert-OH is 1. The van der Waals surface area contributed by atoms with Crippen LogP contribution in [0.2, 0.25) is 0 Å². The molecule has 0 aliphatic carbocycles. The first kappa shape index (κ1) is 33.6. The number of hydrogen-bond donors (Lipinski definition) is 5. The van der Waals surface area contributed by atoms with E-state index < -0.39 is 17.7 Å². The Kier molecular flexibility index (Phi) is 10.7. The Morgan fingerprint density at radius 1 is 0.896 bits per heavy atom. The van der Waals surface area contributed by atoms with E-state index in [1.54, 1.807) is 17.6 Å². The fraction of sp³-hybridized carbons (Fsp3) is 0.417. The number of anilines is 2. The molecular formula is C36H43N5O7. The summed E-state index contributed by atoms with van der Waals surface area (Å²) < 4.78 is 13.1. The zero-order chi connectivity index (χ0) is 33.5. The van der Waals surface area contributed by atoms with Crippen molar-refractivity contribution in [2.45, 2.75) is 69.2 Å². The molecule has 3 unspecified atom stereocenters. The van der Waals surface area contributed by atoms with Crippen molar-refractivity contribution in [3.63, 3.8) is 0 Å². The molecule has 3 atom stereocenters. The van der Waals surface area contributed by atoms with Gasteiger partial charge in [0.05, 0.1) is 25.5 Å². The number of hydrogen-bond acceptors (Lipinski definition) is 9. The van der Waals surface area contributed by atoms with Crippen LogP contribution in [0.4, 0.5) is 11.4 Å².